The molecule has 0 unspecified atom stereocenters. The first-order chi connectivity index (χ1) is 9.50. The van der Waals surface area contributed by atoms with E-state index in [0.29, 0.717) is 13.1 Å². The summed E-state index contributed by atoms with van der Waals surface area (Å²) in [6.45, 7) is 14.4. The highest BCUT2D eigenvalue weighted by molar-refractivity contribution is 5.81. The Hall–Kier alpha value is -1.10. The molecule has 5 nitrogen and oxygen atoms in total. The number of nitrogens with zero attached hydrogens (tertiary/aromatic N) is 1. The number of amides is 2. The van der Waals surface area contributed by atoms with Crippen molar-refractivity contribution in [2.24, 2.45) is 10.8 Å². The largest absolute Gasteiger partial charge is 0.354 e. The normalized spacial score (nSPS) is 12.4. The average molecular weight is 299 g/mol. The first kappa shape index (κ1) is 19.9. The molecule has 21 heavy (non-hydrogen) atoms. The molecule has 0 saturated carbocycles. The highest BCUT2D eigenvalue weighted by Gasteiger charge is 2.24. The molecule has 5 heteroatoms. The van der Waals surface area contributed by atoms with Crippen molar-refractivity contribution >= 4 is 11.8 Å². The lowest BCUT2D eigenvalue weighted by molar-refractivity contribution is -0.129. The van der Waals surface area contributed by atoms with Gasteiger partial charge in [0.15, 0.2) is 0 Å². The van der Waals surface area contributed by atoms with Crippen molar-refractivity contribution in [3.05, 3.63) is 0 Å². The van der Waals surface area contributed by atoms with Gasteiger partial charge in [0, 0.05) is 37.0 Å². The number of carbonyl (C=O) groups is 2. The van der Waals surface area contributed by atoms with Gasteiger partial charge in [-0.05, 0) is 13.5 Å². The summed E-state index contributed by atoms with van der Waals surface area (Å²) in [5, 5.41) is 5.88. The molecule has 0 aromatic rings. The van der Waals surface area contributed by atoms with Crippen LogP contribution in [0.5, 0.6) is 0 Å². The molecule has 2 amide bonds. The summed E-state index contributed by atoms with van der Waals surface area (Å²) >= 11 is 0. The molecule has 0 rings (SSSR count). The number of hydrogen-bond donors (Lipinski definition) is 2. The molecule has 0 aliphatic heterocycles. The molecular formula is C16H33N3O2. The van der Waals surface area contributed by atoms with Gasteiger partial charge in [0.05, 0.1) is 0 Å². The number of carbonyl (C=O) groups excluding carboxylic acids is 2. The van der Waals surface area contributed by atoms with Crippen LogP contribution in [0.15, 0.2) is 0 Å². The van der Waals surface area contributed by atoms with Crippen LogP contribution < -0.4 is 10.6 Å². The van der Waals surface area contributed by atoms with Crippen LogP contribution in [-0.2, 0) is 9.59 Å². The van der Waals surface area contributed by atoms with E-state index in [0.717, 1.165) is 19.5 Å². The molecule has 0 aromatic carbocycles. The molecular weight excluding hydrogens is 266 g/mol. The zero-order valence-electron chi connectivity index (χ0n) is 14.8. The van der Waals surface area contributed by atoms with E-state index in [1.165, 1.54) is 0 Å². The Morgan fingerprint density at radius 1 is 0.905 bits per heavy atom. The molecule has 0 aromatic heterocycles. The van der Waals surface area contributed by atoms with Crippen molar-refractivity contribution in [1.29, 1.82) is 0 Å². The van der Waals surface area contributed by atoms with Crippen LogP contribution in [-0.4, -0.2) is 49.9 Å². The van der Waals surface area contributed by atoms with Crippen LogP contribution >= 0.6 is 0 Å². The Balaban J connectivity index is 3.85. The van der Waals surface area contributed by atoms with Crippen LogP contribution in [0.3, 0.4) is 0 Å². The fourth-order valence-electron chi connectivity index (χ4n) is 1.50. The van der Waals surface area contributed by atoms with Gasteiger partial charge in [0.25, 0.3) is 0 Å². The summed E-state index contributed by atoms with van der Waals surface area (Å²) in [5.41, 5.74) is -0.655. The third-order valence-electron chi connectivity index (χ3n) is 3.74. The Labute approximate surface area is 129 Å². The third-order valence-corrected chi connectivity index (χ3v) is 3.74. The van der Waals surface area contributed by atoms with Gasteiger partial charge in [-0.15, -0.1) is 0 Å². The number of likely N-dealkylation sites (N-methyl/N-ethyl adjacent to an activating group) is 1. The SMILES string of the molecule is CCC(C)(C)C(=O)NCCN(C)CCNC(=O)C(C)(C)C. The third kappa shape index (κ3) is 8.05. The summed E-state index contributed by atoms with van der Waals surface area (Å²) < 4.78 is 0. The van der Waals surface area contributed by atoms with Crippen molar-refractivity contribution in [2.75, 3.05) is 33.2 Å². The summed E-state index contributed by atoms with van der Waals surface area (Å²) in [6, 6.07) is 0. The first-order valence-electron chi connectivity index (χ1n) is 7.76. The predicted octanol–water partition coefficient (Wildman–Crippen LogP) is 1.63. The molecule has 0 aliphatic carbocycles. The van der Waals surface area contributed by atoms with Gasteiger partial charge in [0.2, 0.25) is 11.8 Å². The lowest BCUT2D eigenvalue weighted by Crippen LogP contribution is -2.42. The monoisotopic (exact) mass is 299 g/mol. The molecule has 0 atom stereocenters. The maximum atomic E-state index is 11.9. The van der Waals surface area contributed by atoms with Crippen molar-refractivity contribution < 1.29 is 9.59 Å². The van der Waals surface area contributed by atoms with E-state index in [-0.39, 0.29) is 22.6 Å². The predicted molar refractivity (Wildman–Crippen MR) is 87.0 cm³/mol. The average Bonchev–Trinajstić information content (AvgIpc) is 2.37. The molecule has 0 heterocycles. The maximum absolute atomic E-state index is 11.9. The molecule has 124 valence electrons. The van der Waals surface area contributed by atoms with E-state index in [9.17, 15) is 9.59 Å². The lowest BCUT2D eigenvalue weighted by Gasteiger charge is -2.23. The van der Waals surface area contributed by atoms with Crippen LogP contribution in [0.2, 0.25) is 0 Å². The Morgan fingerprint density at radius 2 is 1.33 bits per heavy atom. The lowest BCUT2D eigenvalue weighted by atomic mass is 9.89. The molecule has 0 saturated heterocycles. The van der Waals surface area contributed by atoms with Crippen molar-refractivity contribution in [3.8, 4) is 0 Å². The van der Waals surface area contributed by atoms with E-state index in [1.807, 2.05) is 48.6 Å². The van der Waals surface area contributed by atoms with E-state index < -0.39 is 0 Å². The Kier molecular flexibility index (Phi) is 7.93. The van der Waals surface area contributed by atoms with Crippen LogP contribution in [0, 0.1) is 10.8 Å². The van der Waals surface area contributed by atoms with Gasteiger partial charge in [0.1, 0.15) is 0 Å². The number of nitrogens with one attached hydrogen (secondary N) is 2. The van der Waals surface area contributed by atoms with Gasteiger partial charge in [-0.25, -0.2) is 0 Å². The summed E-state index contributed by atoms with van der Waals surface area (Å²) in [6.07, 6.45) is 0.827. The van der Waals surface area contributed by atoms with Crippen LogP contribution in [0.4, 0.5) is 0 Å². The van der Waals surface area contributed by atoms with E-state index >= 15 is 0 Å². The fraction of sp³-hybridized carbons (Fsp3) is 0.875. The fourth-order valence-corrected chi connectivity index (χ4v) is 1.50. The van der Waals surface area contributed by atoms with Crippen LogP contribution in [0.25, 0.3) is 0 Å². The molecule has 0 radical (unpaired) electrons. The second kappa shape index (κ2) is 8.37. The summed E-state index contributed by atoms with van der Waals surface area (Å²) in [4.78, 5) is 25.7. The van der Waals surface area contributed by atoms with Crippen LogP contribution in [0.1, 0.15) is 48.0 Å². The second-order valence-corrected chi connectivity index (χ2v) is 7.30. The Bertz CT molecular complexity index is 346. The summed E-state index contributed by atoms with van der Waals surface area (Å²) in [5.74, 6) is 0.160. The molecule has 0 spiro atoms. The minimum Gasteiger partial charge on any atom is -0.354 e. The zero-order valence-corrected chi connectivity index (χ0v) is 14.8. The van der Waals surface area contributed by atoms with Gasteiger partial charge in [-0.3, -0.25) is 9.59 Å². The summed E-state index contributed by atoms with van der Waals surface area (Å²) in [7, 11) is 1.99. The van der Waals surface area contributed by atoms with Gasteiger partial charge in [-0.2, -0.15) is 0 Å². The zero-order chi connectivity index (χ0) is 16.7. The van der Waals surface area contributed by atoms with Crippen molar-refractivity contribution in [1.82, 2.24) is 15.5 Å². The Morgan fingerprint density at radius 3 is 1.71 bits per heavy atom. The van der Waals surface area contributed by atoms with Gasteiger partial charge in [-0.1, -0.05) is 41.5 Å². The van der Waals surface area contributed by atoms with Crippen molar-refractivity contribution in [2.45, 2.75) is 48.0 Å². The standard InChI is InChI=1S/C16H33N3O2/c1-8-16(5,6)14(21)18-10-12-19(7)11-9-17-13(20)15(2,3)4/h8-12H2,1-7H3,(H,17,20)(H,18,21). The van der Waals surface area contributed by atoms with E-state index in [1.54, 1.807) is 0 Å². The highest BCUT2D eigenvalue weighted by atomic mass is 16.2. The number of rotatable bonds is 8. The maximum Gasteiger partial charge on any atom is 0.225 e. The molecule has 0 bridgehead atoms. The van der Waals surface area contributed by atoms with E-state index in [2.05, 4.69) is 15.5 Å². The second-order valence-electron chi connectivity index (χ2n) is 7.30. The molecule has 2 N–H and O–H groups in total. The smallest absolute Gasteiger partial charge is 0.225 e. The van der Waals surface area contributed by atoms with Crippen molar-refractivity contribution in [3.63, 3.8) is 0 Å². The van der Waals surface area contributed by atoms with Gasteiger partial charge >= 0.3 is 0 Å². The highest BCUT2D eigenvalue weighted by Crippen LogP contribution is 2.19. The first-order valence-corrected chi connectivity index (χ1v) is 7.76. The molecule has 0 aliphatic rings. The number of hydrogen-bond acceptors (Lipinski definition) is 3. The topological polar surface area (TPSA) is 61.4 Å². The minimum atomic E-state index is -0.349. The molecule has 0 fully saturated rings. The van der Waals surface area contributed by atoms with Gasteiger partial charge < -0.3 is 15.5 Å². The minimum absolute atomic E-state index is 0.0638. The van der Waals surface area contributed by atoms with E-state index in [4.69, 9.17) is 0 Å². The quantitative estimate of drug-likeness (QED) is 0.716.